The summed E-state index contributed by atoms with van der Waals surface area (Å²) in [6, 6.07) is 12.9. The first-order valence-corrected chi connectivity index (χ1v) is 7.66. The second-order valence-electron chi connectivity index (χ2n) is 5.25. The summed E-state index contributed by atoms with van der Waals surface area (Å²) in [7, 11) is 1.60. The third-order valence-corrected chi connectivity index (χ3v) is 3.60. The van der Waals surface area contributed by atoms with Gasteiger partial charge in [-0.15, -0.1) is 0 Å². The third-order valence-electron chi connectivity index (χ3n) is 3.60. The van der Waals surface area contributed by atoms with Gasteiger partial charge in [0.2, 0.25) is 6.79 Å². The third kappa shape index (κ3) is 4.10. The quantitative estimate of drug-likeness (QED) is 0.843. The molecule has 0 spiro atoms. The summed E-state index contributed by atoms with van der Waals surface area (Å²) in [5.41, 5.74) is 1.08. The number of nitrogens with one attached hydrogen (secondary N) is 1. The van der Waals surface area contributed by atoms with Crippen LogP contribution >= 0.6 is 0 Å². The molecule has 3 rings (SSSR count). The van der Waals surface area contributed by atoms with Crippen molar-refractivity contribution < 1.29 is 23.7 Å². The van der Waals surface area contributed by atoms with Gasteiger partial charge in [0.25, 0.3) is 5.91 Å². The molecule has 1 aliphatic heterocycles. The van der Waals surface area contributed by atoms with Gasteiger partial charge in [-0.3, -0.25) is 4.79 Å². The number of hydrogen-bond acceptors (Lipinski definition) is 5. The summed E-state index contributed by atoms with van der Waals surface area (Å²) < 4.78 is 21.1. The number of hydrogen-bond donors (Lipinski definition) is 1. The lowest BCUT2D eigenvalue weighted by Crippen LogP contribution is -2.30. The molecule has 6 nitrogen and oxygen atoms in total. The highest BCUT2D eigenvalue weighted by atomic mass is 16.7. The number of benzene rings is 2. The Morgan fingerprint density at radius 2 is 1.83 bits per heavy atom. The van der Waals surface area contributed by atoms with Gasteiger partial charge in [-0.25, -0.2) is 0 Å². The summed E-state index contributed by atoms with van der Waals surface area (Å²) in [6.07, 6.45) is 0.713. The standard InChI is InChI=1S/C18H19NO5/c1-21-14-3-5-15(6-4-14)22-11-18(20)19-9-8-13-2-7-16-17(10-13)24-12-23-16/h2-7,10H,8-9,11-12H2,1H3,(H,19,20). The Hall–Kier alpha value is -2.89. The molecule has 1 aliphatic rings. The summed E-state index contributed by atoms with van der Waals surface area (Å²) in [5.74, 6) is 2.72. The molecule has 0 radical (unpaired) electrons. The van der Waals surface area contributed by atoms with Gasteiger partial charge >= 0.3 is 0 Å². The Balaban J connectivity index is 1.39. The average Bonchev–Trinajstić information content (AvgIpc) is 3.08. The zero-order chi connectivity index (χ0) is 16.8. The molecular weight excluding hydrogens is 310 g/mol. The Labute approximate surface area is 140 Å². The molecule has 0 aliphatic carbocycles. The lowest BCUT2D eigenvalue weighted by atomic mass is 10.1. The van der Waals surface area contributed by atoms with Crippen LogP contribution in [0.15, 0.2) is 42.5 Å². The molecule has 0 atom stereocenters. The van der Waals surface area contributed by atoms with Crippen molar-refractivity contribution in [2.75, 3.05) is 27.1 Å². The van der Waals surface area contributed by atoms with E-state index in [4.69, 9.17) is 18.9 Å². The Bertz CT molecular complexity index is 699. The number of fused-ring (bicyclic) bond motifs is 1. The molecule has 1 heterocycles. The molecule has 2 aromatic rings. The van der Waals surface area contributed by atoms with Gasteiger partial charge in [-0.05, 0) is 48.4 Å². The van der Waals surface area contributed by atoms with E-state index in [1.165, 1.54) is 0 Å². The van der Waals surface area contributed by atoms with E-state index in [1.807, 2.05) is 18.2 Å². The van der Waals surface area contributed by atoms with Crippen LogP contribution in [0.5, 0.6) is 23.0 Å². The van der Waals surface area contributed by atoms with Crippen molar-refractivity contribution in [2.45, 2.75) is 6.42 Å². The van der Waals surface area contributed by atoms with E-state index in [2.05, 4.69) is 5.32 Å². The lowest BCUT2D eigenvalue weighted by molar-refractivity contribution is -0.123. The normalized spacial score (nSPS) is 11.9. The number of ether oxygens (including phenoxy) is 4. The molecule has 0 aromatic heterocycles. The Morgan fingerprint density at radius 3 is 2.62 bits per heavy atom. The van der Waals surface area contributed by atoms with Crippen LogP contribution in [0.1, 0.15) is 5.56 Å². The van der Waals surface area contributed by atoms with Crippen LogP contribution in [-0.4, -0.2) is 33.0 Å². The molecule has 0 saturated heterocycles. The van der Waals surface area contributed by atoms with Crippen molar-refractivity contribution in [3.05, 3.63) is 48.0 Å². The first-order chi connectivity index (χ1) is 11.7. The Kier molecular flexibility index (Phi) is 5.05. The van der Waals surface area contributed by atoms with Crippen LogP contribution in [0.25, 0.3) is 0 Å². The lowest BCUT2D eigenvalue weighted by Gasteiger charge is -2.08. The first-order valence-electron chi connectivity index (χ1n) is 7.66. The van der Waals surface area contributed by atoms with Gasteiger partial charge in [-0.1, -0.05) is 6.07 Å². The molecule has 24 heavy (non-hydrogen) atoms. The molecule has 0 saturated carbocycles. The van der Waals surface area contributed by atoms with Crippen LogP contribution in [0.2, 0.25) is 0 Å². The van der Waals surface area contributed by atoms with Gasteiger partial charge in [0.15, 0.2) is 18.1 Å². The van der Waals surface area contributed by atoms with Gasteiger partial charge in [0.05, 0.1) is 7.11 Å². The second-order valence-corrected chi connectivity index (χ2v) is 5.25. The van der Waals surface area contributed by atoms with Crippen molar-refractivity contribution in [3.63, 3.8) is 0 Å². The fourth-order valence-electron chi connectivity index (χ4n) is 2.31. The molecular formula is C18H19NO5. The van der Waals surface area contributed by atoms with Gasteiger partial charge in [0, 0.05) is 6.54 Å². The molecule has 1 amide bonds. The van der Waals surface area contributed by atoms with E-state index in [0.29, 0.717) is 18.7 Å². The van der Waals surface area contributed by atoms with Crippen molar-refractivity contribution in [1.29, 1.82) is 0 Å². The maximum Gasteiger partial charge on any atom is 0.257 e. The minimum absolute atomic E-state index is 0.0204. The molecule has 6 heteroatoms. The summed E-state index contributed by atoms with van der Waals surface area (Å²) in [6.45, 7) is 0.774. The van der Waals surface area contributed by atoms with Gasteiger partial charge < -0.3 is 24.3 Å². The number of amides is 1. The minimum Gasteiger partial charge on any atom is -0.497 e. The number of carbonyl (C=O) groups is 1. The van der Waals surface area contributed by atoms with Crippen LogP contribution in [-0.2, 0) is 11.2 Å². The second kappa shape index (κ2) is 7.59. The SMILES string of the molecule is COc1ccc(OCC(=O)NCCc2ccc3c(c2)OCO3)cc1. The summed E-state index contributed by atoms with van der Waals surface area (Å²) >= 11 is 0. The highest BCUT2D eigenvalue weighted by Crippen LogP contribution is 2.32. The number of rotatable bonds is 7. The molecule has 0 bridgehead atoms. The van der Waals surface area contributed by atoms with E-state index in [1.54, 1.807) is 31.4 Å². The minimum atomic E-state index is -0.161. The van der Waals surface area contributed by atoms with Crippen molar-refractivity contribution in [2.24, 2.45) is 0 Å². The molecule has 0 unspecified atom stereocenters. The number of methoxy groups -OCH3 is 1. The predicted octanol–water partition coefficient (Wildman–Crippen LogP) is 2.16. The highest BCUT2D eigenvalue weighted by Gasteiger charge is 2.13. The monoisotopic (exact) mass is 329 g/mol. The maximum atomic E-state index is 11.8. The van der Waals surface area contributed by atoms with E-state index in [9.17, 15) is 4.79 Å². The van der Waals surface area contributed by atoms with Gasteiger partial charge in [0.1, 0.15) is 11.5 Å². The zero-order valence-corrected chi connectivity index (χ0v) is 13.4. The topological polar surface area (TPSA) is 66.0 Å². The maximum absolute atomic E-state index is 11.8. The molecule has 0 fully saturated rings. The first kappa shape index (κ1) is 16.0. The number of carbonyl (C=O) groups excluding carboxylic acids is 1. The van der Waals surface area contributed by atoms with Crippen LogP contribution in [0.4, 0.5) is 0 Å². The van der Waals surface area contributed by atoms with E-state index in [0.717, 1.165) is 22.8 Å². The molecule has 2 aromatic carbocycles. The molecule has 1 N–H and O–H groups in total. The summed E-state index contributed by atoms with van der Waals surface area (Å²) in [5, 5.41) is 2.83. The van der Waals surface area contributed by atoms with Crippen LogP contribution in [0.3, 0.4) is 0 Å². The Morgan fingerprint density at radius 1 is 1.08 bits per heavy atom. The van der Waals surface area contributed by atoms with Crippen LogP contribution < -0.4 is 24.3 Å². The highest BCUT2D eigenvalue weighted by molar-refractivity contribution is 5.77. The fraction of sp³-hybridized carbons (Fsp3) is 0.278. The van der Waals surface area contributed by atoms with Crippen molar-refractivity contribution in [3.8, 4) is 23.0 Å². The van der Waals surface area contributed by atoms with Crippen molar-refractivity contribution >= 4 is 5.91 Å². The van der Waals surface area contributed by atoms with E-state index in [-0.39, 0.29) is 19.3 Å². The summed E-state index contributed by atoms with van der Waals surface area (Å²) in [4.78, 5) is 11.8. The van der Waals surface area contributed by atoms with E-state index >= 15 is 0 Å². The smallest absolute Gasteiger partial charge is 0.257 e. The van der Waals surface area contributed by atoms with Gasteiger partial charge in [-0.2, -0.15) is 0 Å². The molecule has 126 valence electrons. The predicted molar refractivity (Wildman–Crippen MR) is 87.8 cm³/mol. The van der Waals surface area contributed by atoms with Crippen molar-refractivity contribution in [1.82, 2.24) is 5.32 Å². The average molecular weight is 329 g/mol. The zero-order valence-electron chi connectivity index (χ0n) is 13.4. The fourth-order valence-corrected chi connectivity index (χ4v) is 2.31. The van der Waals surface area contributed by atoms with E-state index < -0.39 is 0 Å². The largest absolute Gasteiger partial charge is 0.497 e. The van der Waals surface area contributed by atoms with Crippen LogP contribution in [0, 0.1) is 0 Å².